The van der Waals surface area contributed by atoms with Crippen molar-refractivity contribution in [3.63, 3.8) is 0 Å². The van der Waals surface area contributed by atoms with Gasteiger partial charge in [0.2, 0.25) is 11.9 Å². The summed E-state index contributed by atoms with van der Waals surface area (Å²) >= 11 is 26.3. The lowest BCUT2D eigenvalue weighted by Crippen LogP contribution is -2.42. The lowest BCUT2D eigenvalue weighted by atomic mass is 9.82. The largest absolute Gasteiger partial charge is 0.495 e. The van der Waals surface area contributed by atoms with Crippen molar-refractivity contribution in [1.82, 2.24) is 19.9 Å². The third kappa shape index (κ3) is 11.8. The average Bonchev–Trinajstić information content (AvgIpc) is 3.30. The standard InChI is InChI=1S/C28H33Cl2N3O4.C22H24Cl2N4O2/c1-28(2,3)37-23(34)13-16-8-6-7-9-19(16)32-27-31-15-18-12-17(10-11-20(18)33-27)24-25(29)21(35-4)14-22(36-5)26(24)30;1-29-17-10-18(30-2)21(24)19(20(17)23)12-7-8-15-13(9-12)11-26-22(27-15)28-16-6-4-3-5-14(16)25/h10-12,14-16,19H,6-9,13H2,1-5H3,(H,31,32,33);7-11,14,16H,3-6,25H2,1-2H3,(H,26,27,28)/t16-,19?;14-,16?/m10/s1. The lowest BCUT2D eigenvalue weighted by Gasteiger charge is -2.32. The number of carbonyl (C=O) groups excluding carboxylic acids is 1. The molecule has 0 spiro atoms. The maximum absolute atomic E-state index is 12.5. The molecule has 2 fully saturated rings. The van der Waals surface area contributed by atoms with Crippen LogP contribution in [-0.4, -0.2) is 78.1 Å². The summed E-state index contributed by atoms with van der Waals surface area (Å²) in [5.74, 6) is 3.09. The number of benzene rings is 4. The number of anilines is 2. The zero-order valence-electron chi connectivity index (χ0n) is 38.8. The number of hydrogen-bond donors (Lipinski definition) is 3. The molecule has 0 bridgehead atoms. The minimum Gasteiger partial charge on any atom is -0.495 e. The Morgan fingerprint density at radius 3 is 1.48 bits per heavy atom. The van der Waals surface area contributed by atoms with Crippen molar-refractivity contribution in [3.8, 4) is 45.3 Å². The second kappa shape index (κ2) is 21.9. The fraction of sp³-hybridized carbons (Fsp3) is 0.420. The zero-order valence-corrected chi connectivity index (χ0v) is 41.8. The van der Waals surface area contributed by atoms with E-state index in [1.807, 2.05) is 57.2 Å². The van der Waals surface area contributed by atoms with Gasteiger partial charge in [0, 0.05) is 64.6 Å². The van der Waals surface area contributed by atoms with E-state index in [1.54, 1.807) is 53.0 Å². The first-order valence-electron chi connectivity index (χ1n) is 22.4. The van der Waals surface area contributed by atoms with E-state index in [0.29, 0.717) is 72.5 Å². The number of ether oxygens (including phenoxy) is 5. The van der Waals surface area contributed by atoms with Crippen molar-refractivity contribution in [3.05, 3.63) is 81.0 Å². The molecule has 0 amide bonds. The Morgan fingerprint density at radius 2 is 1.04 bits per heavy atom. The van der Waals surface area contributed by atoms with Crippen molar-refractivity contribution in [2.24, 2.45) is 11.7 Å². The quantitative estimate of drug-likeness (QED) is 0.0993. The van der Waals surface area contributed by atoms with Crippen LogP contribution in [0.5, 0.6) is 23.0 Å². The number of rotatable bonds is 12. The monoisotopic (exact) mass is 991 g/mol. The van der Waals surface area contributed by atoms with Gasteiger partial charge in [-0.15, -0.1) is 0 Å². The minimum atomic E-state index is -0.487. The summed E-state index contributed by atoms with van der Waals surface area (Å²) in [7, 11) is 6.20. The molecule has 0 saturated heterocycles. The smallest absolute Gasteiger partial charge is 0.306 e. The Morgan fingerprint density at radius 1 is 0.627 bits per heavy atom. The highest BCUT2D eigenvalue weighted by Gasteiger charge is 2.30. The van der Waals surface area contributed by atoms with Crippen molar-refractivity contribution in [2.45, 2.75) is 102 Å². The first kappa shape index (κ1) is 49.8. The molecule has 356 valence electrons. The topological polar surface area (TPSA) is 165 Å². The molecular formula is C50H57Cl4N7O6. The third-order valence-electron chi connectivity index (χ3n) is 12.1. The summed E-state index contributed by atoms with van der Waals surface area (Å²) in [6.45, 7) is 5.67. The normalized spacial score (nSPS) is 18.4. The Balaban J connectivity index is 0.000000203. The molecule has 4 aromatic carbocycles. The molecule has 13 nitrogen and oxygen atoms in total. The van der Waals surface area contributed by atoms with Gasteiger partial charge in [-0.25, -0.2) is 19.9 Å². The number of nitrogens with one attached hydrogen (secondary N) is 2. The van der Waals surface area contributed by atoms with Gasteiger partial charge < -0.3 is 40.1 Å². The molecule has 67 heavy (non-hydrogen) atoms. The highest BCUT2D eigenvalue weighted by atomic mass is 35.5. The van der Waals surface area contributed by atoms with Gasteiger partial charge in [-0.05, 0) is 87.8 Å². The predicted octanol–water partition coefficient (Wildman–Crippen LogP) is 12.6. The van der Waals surface area contributed by atoms with Gasteiger partial charge in [0.1, 0.15) is 28.6 Å². The van der Waals surface area contributed by atoms with Crippen LogP contribution in [0.15, 0.2) is 60.9 Å². The molecule has 2 heterocycles. The van der Waals surface area contributed by atoms with E-state index in [9.17, 15) is 4.79 Å². The molecule has 4 atom stereocenters. The van der Waals surface area contributed by atoms with Crippen LogP contribution in [0.25, 0.3) is 44.1 Å². The van der Waals surface area contributed by atoms with Crippen LogP contribution >= 0.6 is 46.4 Å². The molecular weight excluding hydrogens is 936 g/mol. The van der Waals surface area contributed by atoms with Crippen molar-refractivity contribution in [1.29, 1.82) is 0 Å². The number of nitrogens with zero attached hydrogens (tertiary/aromatic N) is 4. The second-order valence-corrected chi connectivity index (χ2v) is 19.3. The van der Waals surface area contributed by atoms with Crippen LogP contribution in [0.1, 0.15) is 78.6 Å². The van der Waals surface area contributed by atoms with E-state index in [0.717, 1.165) is 71.5 Å². The predicted molar refractivity (Wildman–Crippen MR) is 270 cm³/mol. The van der Waals surface area contributed by atoms with Gasteiger partial charge in [0.05, 0.1) is 66.0 Å². The Bertz CT molecular complexity index is 2680. The Labute approximate surface area is 411 Å². The van der Waals surface area contributed by atoms with E-state index in [1.165, 1.54) is 12.8 Å². The first-order chi connectivity index (χ1) is 32.1. The molecule has 2 aliphatic carbocycles. The Hall–Kier alpha value is -5.05. The van der Waals surface area contributed by atoms with Gasteiger partial charge in [0.25, 0.3) is 0 Å². The number of nitrogens with two attached hydrogens (primary N) is 1. The van der Waals surface area contributed by atoms with Crippen LogP contribution in [-0.2, 0) is 9.53 Å². The maximum atomic E-state index is 12.5. The molecule has 17 heteroatoms. The fourth-order valence-corrected chi connectivity index (χ4v) is 10.1. The molecule has 2 unspecified atom stereocenters. The van der Waals surface area contributed by atoms with Gasteiger partial charge >= 0.3 is 5.97 Å². The first-order valence-corrected chi connectivity index (χ1v) is 23.9. The molecule has 8 rings (SSSR count). The summed E-state index contributed by atoms with van der Waals surface area (Å²) in [6, 6.07) is 15.4. The van der Waals surface area contributed by atoms with Gasteiger partial charge in [0.15, 0.2) is 0 Å². The van der Waals surface area contributed by atoms with Crippen LogP contribution in [0, 0.1) is 5.92 Å². The number of halogens is 4. The van der Waals surface area contributed by atoms with Crippen molar-refractivity contribution < 1.29 is 28.5 Å². The van der Waals surface area contributed by atoms with Gasteiger partial charge in [-0.3, -0.25) is 4.79 Å². The molecule has 4 N–H and O–H groups in total. The number of carbonyl (C=O) groups is 1. The maximum Gasteiger partial charge on any atom is 0.306 e. The molecule has 6 aromatic rings. The second-order valence-electron chi connectivity index (χ2n) is 17.8. The van der Waals surface area contributed by atoms with E-state index >= 15 is 0 Å². The SMILES string of the molecule is COc1cc(OC)c(Cl)c(-c2ccc3nc(NC4CCCC[C@@H]4CC(=O)OC(C)(C)C)ncc3c2)c1Cl.COc1cc(OC)c(Cl)c(-c2ccc3nc(NC4CCCC[C@@H]4N)ncc3c2)c1Cl. The minimum absolute atomic E-state index is 0.111. The third-order valence-corrected chi connectivity index (χ3v) is 13.6. The number of esters is 1. The van der Waals surface area contributed by atoms with E-state index < -0.39 is 5.60 Å². The summed E-state index contributed by atoms with van der Waals surface area (Å²) in [5.41, 5.74) is 10.2. The number of hydrogen-bond acceptors (Lipinski definition) is 13. The summed E-state index contributed by atoms with van der Waals surface area (Å²) in [6.07, 6.45) is 12.5. The van der Waals surface area contributed by atoms with Gasteiger partial charge in [-0.2, -0.15) is 0 Å². The highest BCUT2D eigenvalue weighted by Crippen LogP contribution is 2.48. The highest BCUT2D eigenvalue weighted by molar-refractivity contribution is 6.42. The molecule has 0 aliphatic heterocycles. The van der Waals surface area contributed by atoms with Crippen LogP contribution in [0.3, 0.4) is 0 Å². The number of methoxy groups -OCH3 is 4. The van der Waals surface area contributed by atoms with E-state index in [-0.39, 0.29) is 30.0 Å². The molecule has 0 radical (unpaired) electrons. The van der Waals surface area contributed by atoms with Crippen molar-refractivity contribution in [2.75, 3.05) is 39.1 Å². The summed E-state index contributed by atoms with van der Waals surface area (Å²) in [5, 5.41) is 10.2. The van der Waals surface area contributed by atoms with E-state index in [4.69, 9.17) is 80.8 Å². The summed E-state index contributed by atoms with van der Waals surface area (Å²) in [4.78, 5) is 30.9. The number of aromatic nitrogens is 4. The lowest BCUT2D eigenvalue weighted by molar-refractivity contribution is -0.156. The molecule has 2 saturated carbocycles. The zero-order chi connectivity index (χ0) is 48.0. The van der Waals surface area contributed by atoms with Crippen LogP contribution in [0.4, 0.5) is 11.9 Å². The van der Waals surface area contributed by atoms with E-state index in [2.05, 4.69) is 25.6 Å². The molecule has 2 aromatic heterocycles. The average molecular weight is 994 g/mol. The summed E-state index contributed by atoms with van der Waals surface area (Å²) < 4.78 is 27.1. The Kier molecular flexibility index (Phi) is 16.3. The van der Waals surface area contributed by atoms with Crippen molar-refractivity contribution >= 4 is 86.1 Å². The fourth-order valence-electron chi connectivity index (χ4n) is 8.70. The molecule has 2 aliphatic rings. The van der Waals surface area contributed by atoms with Crippen LogP contribution in [0.2, 0.25) is 20.1 Å². The van der Waals surface area contributed by atoms with Gasteiger partial charge in [-0.1, -0.05) is 84.2 Å². The van der Waals surface area contributed by atoms with Crippen LogP contribution < -0.4 is 35.3 Å². The number of fused-ring (bicyclic) bond motifs is 2.